The quantitative estimate of drug-likeness (QED) is 0.909. The van der Waals surface area contributed by atoms with Gasteiger partial charge in [-0.1, -0.05) is 0 Å². The second-order valence-corrected chi connectivity index (χ2v) is 6.99. The fourth-order valence-electron chi connectivity index (χ4n) is 4.17. The first-order valence-corrected chi connectivity index (χ1v) is 8.86. The van der Waals surface area contributed by atoms with E-state index in [-0.39, 0.29) is 23.4 Å². The summed E-state index contributed by atoms with van der Waals surface area (Å²) in [5.74, 6) is -0.357. The van der Waals surface area contributed by atoms with Crippen molar-refractivity contribution in [1.82, 2.24) is 9.88 Å². The molecule has 2 saturated heterocycles. The van der Waals surface area contributed by atoms with E-state index >= 15 is 0 Å². The van der Waals surface area contributed by atoms with Gasteiger partial charge in [0.1, 0.15) is 11.5 Å². The van der Waals surface area contributed by atoms with Gasteiger partial charge >= 0.3 is 0 Å². The Hall–Kier alpha value is -1.92. The zero-order valence-electron chi connectivity index (χ0n) is 14.4. The highest BCUT2D eigenvalue weighted by Gasteiger charge is 2.45. The number of aromatic amines is 1. The Morgan fingerprint density at radius 2 is 2.16 bits per heavy atom. The van der Waals surface area contributed by atoms with Gasteiger partial charge in [0.15, 0.2) is 0 Å². The average Bonchev–Trinajstić information content (AvgIpc) is 3.05. The highest BCUT2D eigenvalue weighted by Crippen LogP contribution is 2.37. The van der Waals surface area contributed by atoms with Crippen LogP contribution in [0.2, 0.25) is 0 Å². The van der Waals surface area contributed by atoms with Gasteiger partial charge in [0, 0.05) is 37.7 Å². The number of likely N-dealkylation sites (tertiary alicyclic amines) is 1. The molecule has 1 aromatic heterocycles. The Kier molecular flexibility index (Phi) is 4.25. The van der Waals surface area contributed by atoms with Crippen molar-refractivity contribution >= 4 is 16.8 Å². The van der Waals surface area contributed by atoms with E-state index in [0.717, 1.165) is 37.7 Å². The summed E-state index contributed by atoms with van der Waals surface area (Å²) < 4.78 is 25.1. The Bertz CT molecular complexity index is 780. The van der Waals surface area contributed by atoms with Gasteiger partial charge in [0.25, 0.3) is 5.91 Å². The van der Waals surface area contributed by atoms with E-state index in [0.29, 0.717) is 24.3 Å². The number of fused-ring (bicyclic) bond motifs is 1. The fraction of sp³-hybridized carbons (Fsp3) is 0.526. The standard InChI is InChI=1S/C19H23FN2O3/c1-24-17-3-2-10-25-19(17)6-8-22(9-7-19)18(23)16-11-13-4-5-14(20)12-15(13)21-16/h4-5,11-12,17,21H,2-3,6-10H2,1H3. The number of methoxy groups -OCH3 is 1. The number of rotatable bonds is 2. The van der Waals surface area contributed by atoms with Crippen LogP contribution in [0.3, 0.4) is 0 Å². The number of piperidine rings is 1. The molecule has 1 aromatic carbocycles. The van der Waals surface area contributed by atoms with Crippen molar-refractivity contribution in [2.75, 3.05) is 26.8 Å². The van der Waals surface area contributed by atoms with Crippen molar-refractivity contribution in [1.29, 1.82) is 0 Å². The highest BCUT2D eigenvalue weighted by molar-refractivity contribution is 5.98. The molecule has 1 spiro atoms. The van der Waals surface area contributed by atoms with E-state index in [9.17, 15) is 9.18 Å². The number of hydrogen-bond acceptors (Lipinski definition) is 3. The molecule has 2 fully saturated rings. The first kappa shape index (κ1) is 16.5. The van der Waals surface area contributed by atoms with Crippen LogP contribution in [0.5, 0.6) is 0 Å². The van der Waals surface area contributed by atoms with Crippen LogP contribution in [0.25, 0.3) is 10.9 Å². The Morgan fingerprint density at radius 3 is 2.92 bits per heavy atom. The van der Waals surface area contributed by atoms with Crippen LogP contribution < -0.4 is 0 Å². The summed E-state index contributed by atoms with van der Waals surface area (Å²) in [5.41, 5.74) is 0.893. The molecule has 0 radical (unpaired) electrons. The average molecular weight is 346 g/mol. The van der Waals surface area contributed by atoms with Gasteiger partial charge in [-0.2, -0.15) is 0 Å². The van der Waals surface area contributed by atoms with Gasteiger partial charge in [-0.25, -0.2) is 4.39 Å². The van der Waals surface area contributed by atoms with Gasteiger partial charge in [-0.3, -0.25) is 4.79 Å². The molecule has 3 heterocycles. The molecule has 2 aliphatic rings. The number of benzene rings is 1. The number of H-pyrrole nitrogens is 1. The van der Waals surface area contributed by atoms with E-state index in [4.69, 9.17) is 9.47 Å². The predicted molar refractivity (Wildman–Crippen MR) is 92.1 cm³/mol. The van der Waals surface area contributed by atoms with E-state index < -0.39 is 0 Å². The van der Waals surface area contributed by atoms with Gasteiger partial charge in [0.05, 0.1) is 11.7 Å². The lowest BCUT2D eigenvalue weighted by Crippen LogP contribution is -2.56. The second-order valence-electron chi connectivity index (χ2n) is 6.99. The fourth-order valence-corrected chi connectivity index (χ4v) is 4.17. The predicted octanol–water partition coefficient (Wildman–Crippen LogP) is 3.11. The SMILES string of the molecule is COC1CCCOC12CCN(C(=O)c1cc3ccc(F)cc3[nH]1)CC2. The van der Waals surface area contributed by atoms with Crippen LogP contribution in [-0.4, -0.2) is 54.3 Å². The lowest BCUT2D eigenvalue weighted by molar-refractivity contribution is -0.183. The minimum atomic E-state index is -0.312. The van der Waals surface area contributed by atoms with Crippen LogP contribution in [0.4, 0.5) is 4.39 Å². The number of hydrogen-bond donors (Lipinski definition) is 1. The van der Waals surface area contributed by atoms with Gasteiger partial charge in [-0.05, 0) is 49.9 Å². The van der Waals surface area contributed by atoms with Crippen LogP contribution in [0.15, 0.2) is 24.3 Å². The molecule has 0 saturated carbocycles. The summed E-state index contributed by atoms with van der Waals surface area (Å²) in [6.07, 6.45) is 3.71. The molecule has 5 nitrogen and oxygen atoms in total. The monoisotopic (exact) mass is 346 g/mol. The van der Waals surface area contributed by atoms with Crippen LogP contribution in [-0.2, 0) is 9.47 Å². The molecule has 1 N–H and O–H groups in total. The molecule has 0 bridgehead atoms. The Labute approximate surface area is 146 Å². The summed E-state index contributed by atoms with van der Waals surface area (Å²) in [6.45, 7) is 2.05. The maximum Gasteiger partial charge on any atom is 0.270 e. The zero-order chi connectivity index (χ0) is 17.4. The van der Waals surface area contributed by atoms with E-state index in [1.807, 2.05) is 4.90 Å². The maximum atomic E-state index is 13.3. The number of nitrogens with one attached hydrogen (secondary N) is 1. The minimum Gasteiger partial charge on any atom is -0.378 e. The molecular weight excluding hydrogens is 323 g/mol. The molecule has 6 heteroatoms. The second kappa shape index (κ2) is 6.42. The summed E-state index contributed by atoms with van der Waals surface area (Å²) in [5, 5.41) is 0.841. The van der Waals surface area contributed by atoms with E-state index in [1.165, 1.54) is 12.1 Å². The smallest absolute Gasteiger partial charge is 0.270 e. The molecule has 134 valence electrons. The van der Waals surface area contributed by atoms with Gasteiger partial charge in [0.2, 0.25) is 0 Å². The number of carbonyl (C=O) groups excluding carboxylic acids is 1. The lowest BCUT2D eigenvalue weighted by Gasteiger charge is -2.47. The molecular formula is C19H23FN2O3. The first-order chi connectivity index (χ1) is 12.1. The third-order valence-corrected chi connectivity index (χ3v) is 5.58. The summed E-state index contributed by atoms with van der Waals surface area (Å²) >= 11 is 0. The molecule has 1 amide bonds. The molecule has 25 heavy (non-hydrogen) atoms. The maximum absolute atomic E-state index is 13.3. The first-order valence-electron chi connectivity index (χ1n) is 8.86. The van der Waals surface area contributed by atoms with Crippen molar-refractivity contribution < 1.29 is 18.7 Å². The number of amides is 1. The van der Waals surface area contributed by atoms with E-state index in [2.05, 4.69) is 4.98 Å². The van der Waals surface area contributed by atoms with Gasteiger partial charge < -0.3 is 19.4 Å². The normalized spacial score (nSPS) is 23.3. The van der Waals surface area contributed by atoms with Crippen LogP contribution in [0.1, 0.15) is 36.2 Å². The molecule has 4 rings (SSSR count). The van der Waals surface area contributed by atoms with E-state index in [1.54, 1.807) is 19.2 Å². The summed E-state index contributed by atoms with van der Waals surface area (Å²) in [6, 6.07) is 6.29. The largest absolute Gasteiger partial charge is 0.378 e. The van der Waals surface area contributed by atoms with Crippen molar-refractivity contribution in [2.24, 2.45) is 0 Å². The number of halogens is 1. The number of ether oxygens (including phenoxy) is 2. The van der Waals surface area contributed by atoms with Crippen molar-refractivity contribution in [3.05, 3.63) is 35.8 Å². The molecule has 1 atom stereocenters. The Morgan fingerprint density at radius 1 is 1.36 bits per heavy atom. The number of nitrogens with zero attached hydrogens (tertiary/aromatic N) is 1. The molecule has 2 aliphatic heterocycles. The minimum absolute atomic E-state index is 0.0452. The highest BCUT2D eigenvalue weighted by atomic mass is 19.1. The van der Waals surface area contributed by atoms with Crippen LogP contribution >= 0.6 is 0 Å². The van der Waals surface area contributed by atoms with Crippen LogP contribution in [0, 0.1) is 5.82 Å². The zero-order valence-corrected chi connectivity index (χ0v) is 14.4. The van der Waals surface area contributed by atoms with Crippen molar-refractivity contribution in [3.63, 3.8) is 0 Å². The third-order valence-electron chi connectivity index (χ3n) is 5.58. The van der Waals surface area contributed by atoms with Gasteiger partial charge in [-0.15, -0.1) is 0 Å². The number of aromatic nitrogens is 1. The Balaban J connectivity index is 1.48. The number of carbonyl (C=O) groups is 1. The van der Waals surface area contributed by atoms with Crippen molar-refractivity contribution in [2.45, 2.75) is 37.4 Å². The third kappa shape index (κ3) is 2.93. The summed E-state index contributed by atoms with van der Waals surface area (Å²) in [4.78, 5) is 17.7. The lowest BCUT2D eigenvalue weighted by atomic mass is 9.82. The summed E-state index contributed by atoms with van der Waals surface area (Å²) in [7, 11) is 1.74. The molecule has 2 aromatic rings. The molecule has 1 unspecified atom stereocenters. The topological polar surface area (TPSA) is 54.6 Å². The molecule has 0 aliphatic carbocycles. The van der Waals surface area contributed by atoms with Crippen molar-refractivity contribution in [3.8, 4) is 0 Å².